The van der Waals surface area contributed by atoms with Crippen molar-refractivity contribution in [2.45, 2.75) is 45.2 Å². The number of ether oxygens (including phenoxy) is 2. The standard InChI is InChI=1S/C20H29N3O2S/c1-15-4-2-3-5-17(15)21-20(26)23-10-8-22(9-11-23)13-16-6-7-18-19(12-16)25-14-24-18/h6-7,12,15,17H,2-5,8-11,13-14H2,1H3,(H,21,26). The van der Waals surface area contributed by atoms with Crippen LogP contribution in [0.1, 0.15) is 38.2 Å². The molecule has 6 heteroatoms. The van der Waals surface area contributed by atoms with Gasteiger partial charge in [-0.25, -0.2) is 0 Å². The van der Waals surface area contributed by atoms with E-state index >= 15 is 0 Å². The van der Waals surface area contributed by atoms with Crippen molar-refractivity contribution >= 4 is 17.3 Å². The summed E-state index contributed by atoms with van der Waals surface area (Å²) in [5.41, 5.74) is 1.28. The van der Waals surface area contributed by atoms with E-state index in [4.69, 9.17) is 21.7 Å². The quantitative estimate of drug-likeness (QED) is 0.819. The van der Waals surface area contributed by atoms with Gasteiger partial charge in [0.25, 0.3) is 0 Å². The second-order valence-corrected chi connectivity index (χ2v) is 8.16. The van der Waals surface area contributed by atoms with Crippen LogP contribution in [0.4, 0.5) is 0 Å². The second kappa shape index (κ2) is 8.01. The summed E-state index contributed by atoms with van der Waals surface area (Å²) in [5.74, 6) is 2.45. The Morgan fingerprint density at radius 3 is 2.69 bits per heavy atom. The Kier molecular flexibility index (Phi) is 5.50. The van der Waals surface area contributed by atoms with Gasteiger partial charge in [-0.1, -0.05) is 25.8 Å². The molecule has 1 saturated carbocycles. The van der Waals surface area contributed by atoms with Crippen LogP contribution in [0.25, 0.3) is 0 Å². The van der Waals surface area contributed by atoms with E-state index in [1.165, 1.54) is 31.2 Å². The van der Waals surface area contributed by atoms with Gasteiger partial charge in [0.05, 0.1) is 0 Å². The van der Waals surface area contributed by atoms with Gasteiger partial charge in [0.1, 0.15) is 0 Å². The smallest absolute Gasteiger partial charge is 0.231 e. The van der Waals surface area contributed by atoms with E-state index in [0.717, 1.165) is 55.3 Å². The fourth-order valence-electron chi connectivity index (χ4n) is 4.19. The molecule has 0 spiro atoms. The lowest BCUT2D eigenvalue weighted by atomic mass is 9.86. The zero-order valence-electron chi connectivity index (χ0n) is 15.6. The highest BCUT2D eigenvalue weighted by Gasteiger charge is 2.25. The van der Waals surface area contributed by atoms with Crippen molar-refractivity contribution in [1.82, 2.24) is 15.1 Å². The van der Waals surface area contributed by atoms with E-state index < -0.39 is 0 Å². The third kappa shape index (κ3) is 4.07. The number of hydrogen-bond acceptors (Lipinski definition) is 4. The second-order valence-electron chi connectivity index (χ2n) is 7.77. The van der Waals surface area contributed by atoms with E-state index in [2.05, 4.69) is 34.2 Å². The average Bonchev–Trinajstić information content (AvgIpc) is 3.12. The van der Waals surface area contributed by atoms with Gasteiger partial charge >= 0.3 is 0 Å². The molecule has 2 heterocycles. The van der Waals surface area contributed by atoms with Crippen LogP contribution >= 0.6 is 12.2 Å². The molecule has 142 valence electrons. The zero-order valence-corrected chi connectivity index (χ0v) is 16.4. The van der Waals surface area contributed by atoms with Crippen LogP contribution in [0, 0.1) is 5.92 Å². The lowest BCUT2D eigenvalue weighted by Gasteiger charge is -2.39. The molecule has 5 nitrogen and oxygen atoms in total. The van der Waals surface area contributed by atoms with Gasteiger partial charge in [0, 0.05) is 38.8 Å². The molecule has 0 bridgehead atoms. The van der Waals surface area contributed by atoms with Crippen molar-refractivity contribution in [3.8, 4) is 11.5 Å². The summed E-state index contributed by atoms with van der Waals surface area (Å²) >= 11 is 5.70. The topological polar surface area (TPSA) is 37.0 Å². The van der Waals surface area contributed by atoms with E-state index in [1.807, 2.05) is 6.07 Å². The highest BCUT2D eigenvalue weighted by Crippen LogP contribution is 2.32. The van der Waals surface area contributed by atoms with Gasteiger partial charge in [-0.15, -0.1) is 0 Å². The molecule has 0 aromatic heterocycles. The van der Waals surface area contributed by atoms with Gasteiger partial charge < -0.3 is 19.7 Å². The largest absolute Gasteiger partial charge is 0.454 e. The van der Waals surface area contributed by atoms with Crippen LogP contribution in [0.2, 0.25) is 0 Å². The molecule has 1 N–H and O–H groups in total. The molecule has 1 aromatic carbocycles. The molecule has 2 atom stereocenters. The van der Waals surface area contributed by atoms with Crippen LogP contribution in [0.3, 0.4) is 0 Å². The first-order valence-electron chi connectivity index (χ1n) is 9.85. The van der Waals surface area contributed by atoms with Gasteiger partial charge in [0.2, 0.25) is 6.79 Å². The van der Waals surface area contributed by atoms with Gasteiger partial charge in [-0.05, 0) is 48.7 Å². The normalized spacial score (nSPS) is 26.0. The van der Waals surface area contributed by atoms with Crippen molar-refractivity contribution in [2.75, 3.05) is 33.0 Å². The Morgan fingerprint density at radius 1 is 1.12 bits per heavy atom. The van der Waals surface area contributed by atoms with E-state index in [9.17, 15) is 0 Å². The third-order valence-corrected chi connectivity index (χ3v) is 6.30. The molecule has 2 unspecified atom stereocenters. The Balaban J connectivity index is 1.25. The number of nitrogens with one attached hydrogen (secondary N) is 1. The zero-order chi connectivity index (χ0) is 17.9. The minimum Gasteiger partial charge on any atom is -0.454 e. The average molecular weight is 376 g/mol. The third-order valence-electron chi connectivity index (χ3n) is 5.92. The summed E-state index contributed by atoms with van der Waals surface area (Å²) in [6.45, 7) is 7.70. The predicted molar refractivity (Wildman–Crippen MR) is 107 cm³/mol. The molecule has 1 aromatic rings. The van der Waals surface area contributed by atoms with Crippen LogP contribution in [0.5, 0.6) is 11.5 Å². The van der Waals surface area contributed by atoms with Gasteiger partial charge in [-0.2, -0.15) is 0 Å². The lowest BCUT2D eigenvalue weighted by Crippen LogP contribution is -2.54. The molecule has 3 aliphatic rings. The molecule has 26 heavy (non-hydrogen) atoms. The Hall–Kier alpha value is -1.53. The van der Waals surface area contributed by atoms with Gasteiger partial charge in [0.15, 0.2) is 16.6 Å². The maximum Gasteiger partial charge on any atom is 0.231 e. The fourth-order valence-corrected chi connectivity index (χ4v) is 4.52. The van der Waals surface area contributed by atoms with E-state index in [-0.39, 0.29) is 0 Å². The highest BCUT2D eigenvalue weighted by molar-refractivity contribution is 7.80. The first-order valence-corrected chi connectivity index (χ1v) is 10.3. The predicted octanol–water partition coefficient (Wildman–Crippen LogP) is 2.99. The Bertz CT molecular complexity index is 646. The van der Waals surface area contributed by atoms with E-state index in [1.54, 1.807) is 0 Å². The number of hydrogen-bond donors (Lipinski definition) is 1. The minimum atomic E-state index is 0.335. The molecular formula is C20H29N3O2S. The molecule has 1 saturated heterocycles. The maximum atomic E-state index is 5.70. The van der Waals surface area contributed by atoms with Crippen molar-refractivity contribution in [3.05, 3.63) is 23.8 Å². The summed E-state index contributed by atoms with van der Waals surface area (Å²) in [6.07, 6.45) is 5.27. The summed E-state index contributed by atoms with van der Waals surface area (Å²) in [7, 11) is 0. The molecular weight excluding hydrogens is 346 g/mol. The van der Waals surface area contributed by atoms with Crippen molar-refractivity contribution in [3.63, 3.8) is 0 Å². The Morgan fingerprint density at radius 2 is 1.88 bits per heavy atom. The number of piperazine rings is 1. The van der Waals surface area contributed by atoms with Crippen LogP contribution in [-0.2, 0) is 6.54 Å². The summed E-state index contributed by atoms with van der Waals surface area (Å²) < 4.78 is 10.9. The number of thiocarbonyl (C=S) groups is 1. The SMILES string of the molecule is CC1CCCCC1NC(=S)N1CCN(Cc2ccc3c(c2)OCO3)CC1. The molecule has 4 rings (SSSR count). The molecule has 1 aliphatic carbocycles. The van der Waals surface area contributed by atoms with Crippen molar-refractivity contribution in [2.24, 2.45) is 5.92 Å². The first kappa shape index (κ1) is 17.9. The summed E-state index contributed by atoms with van der Waals surface area (Å²) in [6, 6.07) is 6.81. The number of benzene rings is 1. The number of nitrogens with zero attached hydrogens (tertiary/aromatic N) is 2. The number of fused-ring (bicyclic) bond motifs is 1. The molecule has 0 amide bonds. The molecule has 2 aliphatic heterocycles. The monoisotopic (exact) mass is 375 g/mol. The summed E-state index contributed by atoms with van der Waals surface area (Å²) in [5, 5.41) is 4.59. The Labute approximate surface area is 161 Å². The fraction of sp³-hybridized carbons (Fsp3) is 0.650. The van der Waals surface area contributed by atoms with E-state index in [0.29, 0.717) is 12.8 Å². The van der Waals surface area contributed by atoms with Crippen LogP contribution < -0.4 is 14.8 Å². The van der Waals surface area contributed by atoms with Crippen molar-refractivity contribution in [1.29, 1.82) is 0 Å². The van der Waals surface area contributed by atoms with Crippen LogP contribution in [0.15, 0.2) is 18.2 Å². The van der Waals surface area contributed by atoms with Crippen LogP contribution in [-0.4, -0.2) is 53.9 Å². The van der Waals surface area contributed by atoms with Crippen molar-refractivity contribution < 1.29 is 9.47 Å². The van der Waals surface area contributed by atoms with Gasteiger partial charge in [-0.3, -0.25) is 4.90 Å². The maximum absolute atomic E-state index is 5.70. The molecule has 2 fully saturated rings. The minimum absolute atomic E-state index is 0.335. The highest BCUT2D eigenvalue weighted by atomic mass is 32.1. The molecule has 0 radical (unpaired) electrons. The lowest BCUT2D eigenvalue weighted by molar-refractivity contribution is 0.170. The summed E-state index contributed by atoms with van der Waals surface area (Å²) in [4.78, 5) is 4.83. The first-order chi connectivity index (χ1) is 12.7. The number of rotatable bonds is 3.